The van der Waals surface area contributed by atoms with E-state index in [1.165, 1.54) is 4.57 Å². The molecule has 0 aliphatic carbocycles. The number of hydrogen-bond donors (Lipinski definition) is 10. The highest BCUT2D eigenvalue weighted by molar-refractivity contribution is 6.03. The van der Waals surface area contributed by atoms with Crippen molar-refractivity contribution >= 4 is 82.3 Å². The van der Waals surface area contributed by atoms with Gasteiger partial charge in [0.05, 0.1) is 48.2 Å². The minimum absolute atomic E-state index is 0.0103. The number of ether oxygens (including phenoxy) is 2. The molecule has 1 fully saturated rings. The summed E-state index contributed by atoms with van der Waals surface area (Å²) in [6, 6.07) is 17.1. The Balaban J connectivity index is 0.929. The highest BCUT2D eigenvalue weighted by Crippen LogP contribution is 2.42. The Labute approximate surface area is 534 Å². The van der Waals surface area contributed by atoms with Gasteiger partial charge in [0.15, 0.2) is 5.96 Å². The van der Waals surface area contributed by atoms with Crippen LogP contribution in [0.5, 0.6) is 0 Å². The summed E-state index contributed by atoms with van der Waals surface area (Å²) < 4.78 is 13.3. The van der Waals surface area contributed by atoms with E-state index < -0.39 is 125 Å². The molecule has 28 nitrogen and oxygen atoms in total. The van der Waals surface area contributed by atoms with Crippen LogP contribution in [0.4, 0.5) is 0 Å². The molecule has 0 saturated carbocycles. The van der Waals surface area contributed by atoms with Crippen LogP contribution in [0.1, 0.15) is 119 Å². The van der Waals surface area contributed by atoms with Gasteiger partial charge in [-0.05, 0) is 74.8 Å². The van der Waals surface area contributed by atoms with Crippen molar-refractivity contribution in [1.29, 1.82) is 0 Å². The number of aromatic nitrogens is 2. The van der Waals surface area contributed by atoms with E-state index in [9.17, 15) is 57.8 Å². The van der Waals surface area contributed by atoms with Crippen LogP contribution in [0.25, 0.3) is 22.3 Å². The van der Waals surface area contributed by atoms with Crippen molar-refractivity contribution < 1.29 is 67.4 Å². The fraction of sp³-hybridized carbons (Fsp3) is 0.415. The molecule has 28 heteroatoms. The molecule has 3 aliphatic heterocycles. The first-order chi connectivity index (χ1) is 44.2. The number of aliphatic carboxylic acids is 1. The third kappa shape index (κ3) is 17.3. The summed E-state index contributed by atoms with van der Waals surface area (Å²) in [4.78, 5) is 165. The van der Waals surface area contributed by atoms with Crippen molar-refractivity contribution in [2.24, 2.45) is 27.5 Å². The average Bonchev–Trinajstić information content (AvgIpc) is 1.63. The van der Waals surface area contributed by atoms with Gasteiger partial charge in [0.1, 0.15) is 42.4 Å². The minimum Gasteiger partial charge on any atom is -0.481 e. The molecule has 5 aromatic rings. The average molecular weight is 1280 g/mol. The molecule has 1 saturated heterocycles. The number of fused-ring (bicyclic) bond motifs is 5. The fourth-order valence-corrected chi connectivity index (χ4v) is 10.9. The van der Waals surface area contributed by atoms with Gasteiger partial charge in [-0.25, -0.2) is 14.6 Å². The molecule has 6 atom stereocenters. The molecule has 0 radical (unpaired) electrons. The number of hydrogen-bond acceptors (Lipinski definition) is 17. The smallest absolute Gasteiger partial charge is 0.355 e. The second-order valence-electron chi connectivity index (χ2n) is 24.1. The number of carboxylic acid groups (broad SMARTS) is 1. The highest BCUT2D eigenvalue weighted by Gasteiger charge is 2.52. The zero-order valence-corrected chi connectivity index (χ0v) is 52.4. The molecule has 2 aromatic heterocycles. The van der Waals surface area contributed by atoms with Crippen molar-refractivity contribution in [2.45, 2.75) is 154 Å². The van der Waals surface area contributed by atoms with Gasteiger partial charge in [0, 0.05) is 60.8 Å². The van der Waals surface area contributed by atoms with Gasteiger partial charge in [-0.2, -0.15) is 0 Å². The number of nitrogens with two attached hydrogens (primary N) is 2. The number of carbonyl (C=O) groups excluding carboxylic acids is 9. The van der Waals surface area contributed by atoms with Gasteiger partial charge in [-0.1, -0.05) is 98.7 Å². The zero-order chi connectivity index (χ0) is 67.3. The molecule has 93 heavy (non-hydrogen) atoms. The number of benzene rings is 3. The molecular formula is C65H77N13O15. The van der Waals surface area contributed by atoms with Gasteiger partial charge in [-0.3, -0.25) is 48.1 Å². The van der Waals surface area contributed by atoms with E-state index in [0.29, 0.717) is 44.7 Å². The van der Waals surface area contributed by atoms with E-state index in [-0.39, 0.29) is 88.3 Å². The largest absolute Gasteiger partial charge is 0.481 e. The summed E-state index contributed by atoms with van der Waals surface area (Å²) in [5.74, 6) is -9.73. The Hall–Kier alpha value is -10.5. The quantitative estimate of drug-likeness (QED) is 0.0151. The minimum atomic E-state index is -2.09. The molecule has 492 valence electrons. The van der Waals surface area contributed by atoms with Crippen molar-refractivity contribution in [3.63, 3.8) is 0 Å². The Morgan fingerprint density at radius 3 is 2.08 bits per heavy atom. The highest BCUT2D eigenvalue weighted by atomic mass is 16.6. The van der Waals surface area contributed by atoms with E-state index in [4.69, 9.17) is 30.8 Å². The summed E-state index contributed by atoms with van der Waals surface area (Å²) in [7, 11) is 0. The van der Waals surface area contributed by atoms with Crippen LogP contribution < -0.4 is 54.2 Å². The summed E-state index contributed by atoms with van der Waals surface area (Å²) in [6.45, 7) is 9.62. The van der Waals surface area contributed by atoms with Crippen molar-refractivity contribution in [3.8, 4) is 11.4 Å². The Morgan fingerprint density at radius 1 is 0.806 bits per heavy atom. The first kappa shape index (κ1) is 68.4. The first-order valence-electron chi connectivity index (χ1n) is 30.5. The number of esters is 2. The van der Waals surface area contributed by atoms with Gasteiger partial charge in [0.2, 0.25) is 47.0 Å². The summed E-state index contributed by atoms with van der Waals surface area (Å²) in [5, 5.41) is 32.7. The second kappa shape index (κ2) is 30.1. The van der Waals surface area contributed by atoms with E-state index in [2.05, 4.69) is 47.4 Å². The number of oxime groups is 1. The molecular weight excluding hydrogens is 1200 g/mol. The maximum atomic E-state index is 14.5. The van der Waals surface area contributed by atoms with Gasteiger partial charge >= 0.3 is 17.9 Å². The van der Waals surface area contributed by atoms with Gasteiger partial charge in [-0.15, -0.1) is 0 Å². The third-order valence-corrected chi connectivity index (χ3v) is 15.7. The lowest BCUT2D eigenvalue weighted by atomic mass is 9.85. The Morgan fingerprint density at radius 2 is 1.43 bits per heavy atom. The second-order valence-corrected chi connectivity index (χ2v) is 24.1. The number of carbonyl (C=O) groups is 10. The number of aliphatic imine (C=N–C) groups is 1. The molecule has 1 unspecified atom stereocenters. The SMILES string of the molecule is CC[C@@]1(OC(=O)[C@@H](NC(=O)CCC(=O)NCc2ccc(C[C@@H]3NC(=O)C(Cc4ccccc4)NC(=O)[C@H](CC(=O)O)NC(=O)CNC(=O)[C@H](CCCN=C(N)N)NC3=O)cc2)C(C)C)C(=O)OCc2c1cc1n(c2=O)Cc2c-1nc1ccccc1c2C=NOC(C)(C)C. The van der Waals surface area contributed by atoms with E-state index in [0.717, 1.165) is 5.39 Å². The number of pyridine rings is 2. The molecule has 12 N–H and O–H groups in total. The number of rotatable bonds is 22. The lowest BCUT2D eigenvalue weighted by Crippen LogP contribution is -2.58. The topological polar surface area (TPSA) is 414 Å². The summed E-state index contributed by atoms with van der Waals surface area (Å²) in [6.07, 6.45) is -0.202. The number of guanidine groups is 1. The lowest BCUT2D eigenvalue weighted by molar-refractivity contribution is -0.191. The molecule has 8 rings (SSSR count). The van der Waals surface area contributed by atoms with Crippen molar-refractivity contribution in [1.82, 2.24) is 46.8 Å². The molecule has 3 aromatic carbocycles. The predicted molar refractivity (Wildman–Crippen MR) is 338 cm³/mol. The number of nitrogens with one attached hydrogen (secondary N) is 7. The first-order valence-corrected chi connectivity index (χ1v) is 30.5. The lowest BCUT2D eigenvalue weighted by Gasteiger charge is -2.37. The Kier molecular flexibility index (Phi) is 22.1. The third-order valence-electron chi connectivity index (χ3n) is 15.7. The van der Waals surface area contributed by atoms with E-state index in [1.54, 1.807) is 87.6 Å². The number of amides is 7. The number of carboxylic acids is 1. The fourth-order valence-electron chi connectivity index (χ4n) is 10.9. The maximum absolute atomic E-state index is 14.5. The number of cyclic esters (lactones) is 1. The van der Waals surface area contributed by atoms with Crippen LogP contribution >= 0.6 is 0 Å². The normalized spacial score (nSPS) is 19.6. The summed E-state index contributed by atoms with van der Waals surface area (Å²) >= 11 is 0. The van der Waals surface area contributed by atoms with Crippen LogP contribution in [0.15, 0.2) is 99.9 Å². The molecule has 7 amide bonds. The summed E-state index contributed by atoms with van der Waals surface area (Å²) in [5.41, 5.74) is 12.6. The van der Waals surface area contributed by atoms with Crippen LogP contribution in [0.2, 0.25) is 0 Å². The molecule has 5 heterocycles. The van der Waals surface area contributed by atoms with Crippen LogP contribution in [-0.2, 0) is 100 Å². The van der Waals surface area contributed by atoms with Crippen LogP contribution in [0, 0.1) is 5.92 Å². The van der Waals surface area contributed by atoms with Gasteiger partial charge in [0.25, 0.3) is 5.56 Å². The maximum Gasteiger partial charge on any atom is 0.355 e. The predicted octanol–water partition coefficient (Wildman–Crippen LogP) is 1.40. The van der Waals surface area contributed by atoms with Crippen molar-refractivity contribution in [2.75, 3.05) is 13.1 Å². The van der Waals surface area contributed by atoms with Crippen LogP contribution in [0.3, 0.4) is 0 Å². The number of nitrogens with zero attached hydrogens (tertiary/aromatic N) is 4. The van der Waals surface area contributed by atoms with E-state index >= 15 is 0 Å². The van der Waals surface area contributed by atoms with E-state index in [1.807, 2.05) is 45.0 Å². The monoisotopic (exact) mass is 1280 g/mol. The number of para-hydroxylation sites is 1. The molecule has 3 aliphatic rings. The standard InChI is InChI=1S/C65H77N13O15/c1-7-65(43-28-49-55-41(33-78(49)60(88)42(43)34-91-62(65)90)40(31-71-93-64(4,5)6)39-16-11-12-17-44(39)73-55)92-61(89)54(35(2)3)77-51(80)24-23-50(79)69-30-38-21-19-37(20-22-38)27-47-57(85)74-45(18-13-25-68-63(66)67)56(84)70-32-52(81)72-48(29-53(82)83)59(87)76-46(58(86)75-47)26-36-14-9-8-10-15-36/h8-12,14-17,19-22,28,31,35,45-48,54H,7,13,18,23-27,29-30,32-34H2,1-6H3,(H,69,79)(H,70,84)(H,72,81)(H,74,85)(H,75,86)(H,76,87)(H,77,80)(H,82,83)(H4,66,67,68)/t45-,46?,47-,48-,54-,65-/m0/s1. The van der Waals surface area contributed by atoms with Crippen LogP contribution in [-0.4, -0.2) is 135 Å². The molecule has 0 bridgehead atoms. The van der Waals surface area contributed by atoms with Gasteiger partial charge < -0.3 is 72.7 Å². The Bertz CT molecular complexity index is 3820. The van der Waals surface area contributed by atoms with Crippen molar-refractivity contribution in [3.05, 3.63) is 134 Å². The molecule has 0 spiro atoms. The zero-order valence-electron chi connectivity index (χ0n) is 52.4.